The van der Waals surface area contributed by atoms with E-state index in [1.54, 1.807) is 6.07 Å². The number of nitrogens with one attached hydrogen (secondary N) is 2. The number of aromatic amines is 1. The number of rotatable bonds is 5. The van der Waals surface area contributed by atoms with Crippen LogP contribution in [0.15, 0.2) is 24.3 Å². The second-order valence-electron chi connectivity index (χ2n) is 4.33. The van der Waals surface area contributed by atoms with Gasteiger partial charge in [-0.3, -0.25) is 9.89 Å². The molecule has 1 aromatic carbocycles. The molecule has 0 fully saturated rings. The van der Waals surface area contributed by atoms with Crippen LogP contribution in [0.4, 0.5) is 10.1 Å². The Balaban J connectivity index is 2.14. The summed E-state index contributed by atoms with van der Waals surface area (Å²) in [6, 6.07) is 5.62. The number of carbonyl (C=O) groups excluding carboxylic acids is 1. The largest absolute Gasteiger partial charge is 0.494 e. The maximum absolute atomic E-state index is 13.1. The Morgan fingerprint density at radius 2 is 2.25 bits per heavy atom. The number of ether oxygens (including phenoxy) is 1. The number of benzene rings is 1. The third kappa shape index (κ3) is 3.14. The van der Waals surface area contributed by atoms with Crippen molar-refractivity contribution < 1.29 is 13.9 Å². The lowest BCUT2D eigenvalue weighted by molar-refractivity contribution is 0.102. The van der Waals surface area contributed by atoms with E-state index in [1.807, 2.05) is 6.92 Å². The molecule has 1 amide bonds. The standard InChI is InChI=1S/C14H16FN3O2/c1-3-4-10-8-12(18-17-10)14(19)16-11-6-5-9(15)7-13(11)20-2/h5-8H,3-4H2,1-2H3,(H,16,19)(H,17,18). The Kier molecular flexibility index (Phi) is 4.34. The van der Waals surface area contributed by atoms with Gasteiger partial charge in [0, 0.05) is 11.8 Å². The van der Waals surface area contributed by atoms with Crippen molar-refractivity contribution in [3.63, 3.8) is 0 Å². The van der Waals surface area contributed by atoms with E-state index in [9.17, 15) is 9.18 Å². The Morgan fingerprint density at radius 3 is 2.95 bits per heavy atom. The lowest BCUT2D eigenvalue weighted by Crippen LogP contribution is -2.13. The van der Waals surface area contributed by atoms with E-state index in [1.165, 1.54) is 25.3 Å². The smallest absolute Gasteiger partial charge is 0.276 e. The number of aryl methyl sites for hydroxylation is 1. The highest BCUT2D eigenvalue weighted by molar-refractivity contribution is 6.03. The number of aromatic nitrogens is 2. The molecule has 0 saturated carbocycles. The summed E-state index contributed by atoms with van der Waals surface area (Å²) >= 11 is 0. The third-order valence-corrected chi connectivity index (χ3v) is 2.79. The van der Waals surface area contributed by atoms with Crippen LogP contribution in [0.1, 0.15) is 29.5 Å². The topological polar surface area (TPSA) is 67.0 Å². The predicted molar refractivity (Wildman–Crippen MR) is 73.5 cm³/mol. The van der Waals surface area contributed by atoms with E-state index in [0.717, 1.165) is 18.5 Å². The molecule has 5 nitrogen and oxygen atoms in total. The summed E-state index contributed by atoms with van der Waals surface area (Å²) in [6.07, 6.45) is 1.80. The molecular weight excluding hydrogens is 261 g/mol. The molecule has 20 heavy (non-hydrogen) atoms. The van der Waals surface area contributed by atoms with Crippen LogP contribution in [-0.2, 0) is 6.42 Å². The summed E-state index contributed by atoms with van der Waals surface area (Å²) < 4.78 is 18.1. The summed E-state index contributed by atoms with van der Waals surface area (Å²) in [6.45, 7) is 2.05. The van der Waals surface area contributed by atoms with Crippen molar-refractivity contribution in [3.05, 3.63) is 41.5 Å². The molecule has 6 heteroatoms. The first-order chi connectivity index (χ1) is 9.63. The number of anilines is 1. The molecule has 0 atom stereocenters. The van der Waals surface area contributed by atoms with Crippen molar-refractivity contribution in [3.8, 4) is 5.75 Å². The number of H-pyrrole nitrogens is 1. The first kappa shape index (κ1) is 14.0. The Bertz CT molecular complexity index is 610. The highest BCUT2D eigenvalue weighted by atomic mass is 19.1. The van der Waals surface area contributed by atoms with E-state index in [-0.39, 0.29) is 11.7 Å². The number of methoxy groups -OCH3 is 1. The normalized spacial score (nSPS) is 10.3. The third-order valence-electron chi connectivity index (χ3n) is 2.79. The SMILES string of the molecule is CCCc1cc(C(=O)Nc2ccc(F)cc2OC)n[nH]1. The zero-order valence-corrected chi connectivity index (χ0v) is 11.4. The van der Waals surface area contributed by atoms with Crippen LogP contribution in [-0.4, -0.2) is 23.2 Å². The van der Waals surface area contributed by atoms with E-state index >= 15 is 0 Å². The number of amides is 1. The maximum Gasteiger partial charge on any atom is 0.276 e. The van der Waals surface area contributed by atoms with Gasteiger partial charge in [-0.05, 0) is 24.6 Å². The van der Waals surface area contributed by atoms with Gasteiger partial charge in [0.2, 0.25) is 0 Å². The number of carbonyl (C=O) groups is 1. The Morgan fingerprint density at radius 1 is 1.45 bits per heavy atom. The van der Waals surface area contributed by atoms with Crippen molar-refractivity contribution in [1.82, 2.24) is 10.2 Å². The minimum atomic E-state index is -0.426. The van der Waals surface area contributed by atoms with Gasteiger partial charge in [-0.15, -0.1) is 0 Å². The van der Waals surface area contributed by atoms with Gasteiger partial charge < -0.3 is 10.1 Å². The summed E-state index contributed by atoms with van der Waals surface area (Å²) in [5.74, 6) is -0.527. The highest BCUT2D eigenvalue weighted by Crippen LogP contribution is 2.25. The molecule has 0 bridgehead atoms. The van der Waals surface area contributed by atoms with Crippen molar-refractivity contribution in [2.45, 2.75) is 19.8 Å². The van der Waals surface area contributed by atoms with Crippen LogP contribution in [0.5, 0.6) is 5.75 Å². The minimum Gasteiger partial charge on any atom is -0.494 e. The average molecular weight is 277 g/mol. The minimum absolute atomic E-state index is 0.266. The van der Waals surface area contributed by atoms with Gasteiger partial charge in [-0.2, -0.15) is 5.10 Å². The molecule has 2 aromatic rings. The zero-order valence-electron chi connectivity index (χ0n) is 11.4. The van der Waals surface area contributed by atoms with Crippen LogP contribution in [0.3, 0.4) is 0 Å². The highest BCUT2D eigenvalue weighted by Gasteiger charge is 2.13. The fourth-order valence-electron chi connectivity index (χ4n) is 1.83. The molecule has 1 heterocycles. The number of halogens is 1. The Hall–Kier alpha value is -2.37. The van der Waals surface area contributed by atoms with Crippen LogP contribution in [0, 0.1) is 5.82 Å². The fourth-order valence-corrected chi connectivity index (χ4v) is 1.83. The van der Waals surface area contributed by atoms with Crippen molar-refractivity contribution in [1.29, 1.82) is 0 Å². The molecule has 1 aromatic heterocycles. The molecule has 0 aliphatic rings. The number of hydrogen-bond acceptors (Lipinski definition) is 3. The summed E-state index contributed by atoms with van der Waals surface area (Å²) in [7, 11) is 1.42. The summed E-state index contributed by atoms with van der Waals surface area (Å²) in [5, 5.41) is 9.41. The van der Waals surface area contributed by atoms with Crippen LogP contribution >= 0.6 is 0 Å². The van der Waals surface area contributed by atoms with E-state index in [0.29, 0.717) is 11.4 Å². The first-order valence-corrected chi connectivity index (χ1v) is 6.33. The van der Waals surface area contributed by atoms with Crippen molar-refractivity contribution in [2.24, 2.45) is 0 Å². The molecule has 0 aliphatic heterocycles. The fraction of sp³-hybridized carbons (Fsp3) is 0.286. The van der Waals surface area contributed by atoms with Gasteiger partial charge in [-0.25, -0.2) is 4.39 Å². The van der Waals surface area contributed by atoms with Gasteiger partial charge in [0.05, 0.1) is 12.8 Å². The van der Waals surface area contributed by atoms with Gasteiger partial charge in [0.25, 0.3) is 5.91 Å². The molecule has 0 radical (unpaired) electrons. The second-order valence-corrected chi connectivity index (χ2v) is 4.33. The molecule has 106 valence electrons. The summed E-state index contributed by atoms with van der Waals surface area (Å²) in [5.41, 5.74) is 1.60. The van der Waals surface area contributed by atoms with Crippen molar-refractivity contribution >= 4 is 11.6 Å². The van der Waals surface area contributed by atoms with Crippen molar-refractivity contribution in [2.75, 3.05) is 12.4 Å². The molecule has 0 spiro atoms. The molecule has 2 N–H and O–H groups in total. The second kappa shape index (κ2) is 6.18. The number of nitrogens with zero attached hydrogens (tertiary/aromatic N) is 1. The molecular formula is C14H16FN3O2. The van der Waals surface area contributed by atoms with E-state index in [2.05, 4.69) is 15.5 Å². The first-order valence-electron chi connectivity index (χ1n) is 6.33. The van der Waals surface area contributed by atoms with E-state index < -0.39 is 5.82 Å². The number of hydrogen-bond donors (Lipinski definition) is 2. The quantitative estimate of drug-likeness (QED) is 0.883. The summed E-state index contributed by atoms with van der Waals surface area (Å²) in [4.78, 5) is 12.0. The predicted octanol–water partition coefficient (Wildman–Crippen LogP) is 2.76. The van der Waals surface area contributed by atoms with E-state index in [4.69, 9.17) is 4.74 Å². The molecule has 0 saturated heterocycles. The lowest BCUT2D eigenvalue weighted by atomic mass is 10.2. The zero-order chi connectivity index (χ0) is 14.5. The van der Waals surface area contributed by atoms with Crippen LogP contribution in [0.25, 0.3) is 0 Å². The van der Waals surface area contributed by atoms with Gasteiger partial charge >= 0.3 is 0 Å². The molecule has 0 unspecified atom stereocenters. The maximum atomic E-state index is 13.1. The monoisotopic (exact) mass is 277 g/mol. The van der Waals surface area contributed by atoms with Gasteiger partial charge in [-0.1, -0.05) is 13.3 Å². The lowest BCUT2D eigenvalue weighted by Gasteiger charge is -2.08. The average Bonchev–Trinajstić information content (AvgIpc) is 2.90. The van der Waals surface area contributed by atoms with Gasteiger partial charge in [0.1, 0.15) is 11.6 Å². The molecule has 0 aliphatic carbocycles. The van der Waals surface area contributed by atoms with Crippen LogP contribution in [0.2, 0.25) is 0 Å². The van der Waals surface area contributed by atoms with Gasteiger partial charge in [0.15, 0.2) is 5.69 Å². The molecule has 2 rings (SSSR count). The Labute approximate surface area is 116 Å². The van der Waals surface area contributed by atoms with Crippen LogP contribution < -0.4 is 10.1 Å².